The molecule has 0 atom stereocenters. The monoisotopic (exact) mass is 445 g/mol. The molecule has 0 radical (unpaired) electrons. The summed E-state index contributed by atoms with van der Waals surface area (Å²) < 4.78 is 16.9. The zero-order valence-electron chi connectivity index (χ0n) is 19.6. The highest BCUT2D eigenvalue weighted by atomic mass is 16.5. The summed E-state index contributed by atoms with van der Waals surface area (Å²) in [6, 6.07) is 0. The van der Waals surface area contributed by atoms with Crippen molar-refractivity contribution in [3.63, 3.8) is 0 Å². The van der Waals surface area contributed by atoms with Crippen LogP contribution in [0.2, 0.25) is 0 Å². The number of rotatable bonds is 21. The van der Waals surface area contributed by atoms with Crippen LogP contribution in [0.1, 0.15) is 59.3 Å². The lowest BCUT2D eigenvalue weighted by Crippen LogP contribution is -2.28. The third kappa shape index (κ3) is 20.0. The summed E-state index contributed by atoms with van der Waals surface area (Å²) in [5.41, 5.74) is 0. The minimum absolute atomic E-state index is 0.0258. The molecule has 0 aromatic heterocycles. The third-order valence-electron chi connectivity index (χ3n) is 4.20. The molecule has 31 heavy (non-hydrogen) atoms. The Kier molecular flexibility index (Phi) is 20.3. The van der Waals surface area contributed by atoms with Crippen LogP contribution in [0, 0.1) is 5.92 Å². The fourth-order valence-electron chi connectivity index (χ4n) is 2.45. The molecule has 0 fully saturated rings. The smallest absolute Gasteiger partial charge is 0.222 e. The molecule has 0 aromatic carbocycles. The van der Waals surface area contributed by atoms with Gasteiger partial charge in [0.15, 0.2) is 0 Å². The predicted octanol–water partition coefficient (Wildman–Crippen LogP) is 1.40. The molecule has 0 spiro atoms. The maximum atomic E-state index is 11.6. The highest BCUT2D eigenvalue weighted by molar-refractivity contribution is 5.76. The fraction of sp³-hybridized carbons (Fsp3) is 0.864. The minimum Gasteiger partial charge on any atom is -0.380 e. The Morgan fingerprint density at radius 3 is 1.13 bits per heavy atom. The first-order valence-corrected chi connectivity index (χ1v) is 11.6. The molecule has 0 bridgehead atoms. The maximum Gasteiger partial charge on any atom is 0.222 e. The van der Waals surface area contributed by atoms with Crippen molar-refractivity contribution in [3.05, 3.63) is 0 Å². The number of hydrogen-bond acceptors (Lipinski definition) is 6. The van der Waals surface area contributed by atoms with Gasteiger partial charge in [-0.1, -0.05) is 20.8 Å². The minimum atomic E-state index is -0.0453. The Labute approximate surface area is 187 Å². The van der Waals surface area contributed by atoms with Crippen molar-refractivity contribution in [2.24, 2.45) is 5.92 Å². The van der Waals surface area contributed by atoms with Gasteiger partial charge in [-0.3, -0.25) is 14.4 Å². The van der Waals surface area contributed by atoms with Crippen LogP contribution in [-0.2, 0) is 28.6 Å². The van der Waals surface area contributed by atoms with Crippen LogP contribution in [0.15, 0.2) is 0 Å². The standard InChI is InChI=1S/C22H43N3O6/c1-4-10-23-20(26)7-13-29-16-19(17-30-14-8-21(27)24-11-5-2)18-31-15-9-22(28)25-12-6-3/h19H,4-18H2,1-3H3,(H,23,26)(H,24,27)(H,25,28). The van der Waals surface area contributed by atoms with E-state index in [1.807, 2.05) is 20.8 Å². The van der Waals surface area contributed by atoms with E-state index in [0.717, 1.165) is 19.3 Å². The first kappa shape index (κ1) is 29.3. The molecule has 3 amide bonds. The van der Waals surface area contributed by atoms with Gasteiger partial charge < -0.3 is 30.2 Å². The molecule has 0 aliphatic carbocycles. The summed E-state index contributed by atoms with van der Waals surface area (Å²) >= 11 is 0. The van der Waals surface area contributed by atoms with Crippen molar-refractivity contribution in [3.8, 4) is 0 Å². The van der Waals surface area contributed by atoms with Crippen molar-refractivity contribution in [2.45, 2.75) is 59.3 Å². The molecule has 0 saturated carbocycles. The Morgan fingerprint density at radius 2 is 0.871 bits per heavy atom. The Balaban J connectivity index is 4.17. The average molecular weight is 446 g/mol. The van der Waals surface area contributed by atoms with Crippen molar-refractivity contribution >= 4 is 17.7 Å². The summed E-state index contributed by atoms with van der Waals surface area (Å²) in [5, 5.41) is 8.43. The first-order valence-electron chi connectivity index (χ1n) is 11.6. The molecule has 9 nitrogen and oxygen atoms in total. The summed E-state index contributed by atoms with van der Waals surface area (Å²) in [5.74, 6) is -0.123. The number of carbonyl (C=O) groups is 3. The van der Waals surface area contributed by atoms with Crippen LogP contribution in [0.3, 0.4) is 0 Å². The van der Waals surface area contributed by atoms with Crippen LogP contribution >= 0.6 is 0 Å². The summed E-state index contributed by atoms with van der Waals surface area (Å²) in [6.07, 6.45) is 3.62. The zero-order chi connectivity index (χ0) is 23.2. The molecule has 0 unspecified atom stereocenters. The largest absolute Gasteiger partial charge is 0.380 e. The lowest BCUT2D eigenvalue weighted by molar-refractivity contribution is -0.122. The highest BCUT2D eigenvalue weighted by Crippen LogP contribution is 2.03. The molecule has 0 aliphatic rings. The predicted molar refractivity (Wildman–Crippen MR) is 120 cm³/mol. The van der Waals surface area contributed by atoms with Gasteiger partial charge in [-0.25, -0.2) is 0 Å². The Morgan fingerprint density at radius 1 is 0.581 bits per heavy atom. The van der Waals surface area contributed by atoms with E-state index in [0.29, 0.717) is 78.5 Å². The third-order valence-corrected chi connectivity index (χ3v) is 4.20. The van der Waals surface area contributed by atoms with Crippen LogP contribution in [0.25, 0.3) is 0 Å². The zero-order valence-corrected chi connectivity index (χ0v) is 19.6. The molecule has 9 heteroatoms. The van der Waals surface area contributed by atoms with Crippen LogP contribution in [-0.4, -0.2) is 77.0 Å². The summed E-state index contributed by atoms with van der Waals surface area (Å²) in [4.78, 5) is 34.9. The van der Waals surface area contributed by atoms with E-state index in [9.17, 15) is 14.4 Å². The van der Waals surface area contributed by atoms with Gasteiger partial charge in [0.1, 0.15) is 0 Å². The second-order valence-corrected chi connectivity index (χ2v) is 7.39. The van der Waals surface area contributed by atoms with Gasteiger partial charge in [-0.15, -0.1) is 0 Å². The highest BCUT2D eigenvalue weighted by Gasteiger charge is 2.12. The van der Waals surface area contributed by atoms with Crippen molar-refractivity contribution in [1.82, 2.24) is 16.0 Å². The van der Waals surface area contributed by atoms with E-state index in [2.05, 4.69) is 16.0 Å². The topological polar surface area (TPSA) is 115 Å². The van der Waals surface area contributed by atoms with Crippen LogP contribution in [0.5, 0.6) is 0 Å². The molecule has 3 N–H and O–H groups in total. The van der Waals surface area contributed by atoms with Gasteiger partial charge in [0.25, 0.3) is 0 Å². The van der Waals surface area contributed by atoms with Gasteiger partial charge in [-0.2, -0.15) is 0 Å². The first-order chi connectivity index (χ1) is 15.0. The normalized spacial score (nSPS) is 10.8. The van der Waals surface area contributed by atoms with E-state index in [-0.39, 0.29) is 23.6 Å². The molecule has 0 heterocycles. The summed E-state index contributed by atoms with van der Waals surface area (Å²) in [6.45, 7) is 10.1. The van der Waals surface area contributed by atoms with Crippen LogP contribution in [0.4, 0.5) is 0 Å². The fourth-order valence-corrected chi connectivity index (χ4v) is 2.45. The number of carbonyl (C=O) groups excluding carboxylic acids is 3. The number of amides is 3. The van der Waals surface area contributed by atoms with Gasteiger partial charge in [-0.05, 0) is 19.3 Å². The molecular weight excluding hydrogens is 402 g/mol. The molecule has 0 aliphatic heterocycles. The van der Waals surface area contributed by atoms with Crippen molar-refractivity contribution in [2.75, 3.05) is 59.3 Å². The van der Waals surface area contributed by atoms with Crippen molar-refractivity contribution < 1.29 is 28.6 Å². The molecule has 0 saturated heterocycles. The number of ether oxygens (including phenoxy) is 3. The Hall–Kier alpha value is -1.71. The van der Waals surface area contributed by atoms with E-state index in [4.69, 9.17) is 14.2 Å². The van der Waals surface area contributed by atoms with Crippen molar-refractivity contribution in [1.29, 1.82) is 0 Å². The summed E-state index contributed by atoms with van der Waals surface area (Å²) in [7, 11) is 0. The number of hydrogen-bond donors (Lipinski definition) is 3. The molecule has 182 valence electrons. The molecule has 0 aromatic rings. The van der Waals surface area contributed by atoms with Gasteiger partial charge >= 0.3 is 0 Å². The van der Waals surface area contributed by atoms with Crippen LogP contribution < -0.4 is 16.0 Å². The lowest BCUT2D eigenvalue weighted by Gasteiger charge is -2.18. The lowest BCUT2D eigenvalue weighted by atomic mass is 10.2. The average Bonchev–Trinajstić information content (AvgIpc) is 2.77. The second-order valence-electron chi connectivity index (χ2n) is 7.39. The van der Waals surface area contributed by atoms with E-state index >= 15 is 0 Å². The quantitative estimate of drug-likeness (QED) is 0.230. The molecular formula is C22H43N3O6. The van der Waals surface area contributed by atoms with E-state index in [1.54, 1.807) is 0 Å². The van der Waals surface area contributed by atoms with Gasteiger partial charge in [0.05, 0.1) is 39.6 Å². The molecule has 0 rings (SSSR count). The SMILES string of the molecule is CCCNC(=O)CCOCC(COCCC(=O)NCCC)COCCC(=O)NCCC. The van der Waals surface area contributed by atoms with Gasteiger partial charge in [0.2, 0.25) is 17.7 Å². The van der Waals surface area contributed by atoms with E-state index in [1.165, 1.54) is 0 Å². The Bertz CT molecular complexity index is 410. The maximum absolute atomic E-state index is 11.6. The second kappa shape index (κ2) is 21.5. The number of nitrogens with one attached hydrogen (secondary N) is 3. The van der Waals surface area contributed by atoms with E-state index < -0.39 is 0 Å². The van der Waals surface area contributed by atoms with Gasteiger partial charge in [0, 0.05) is 44.8 Å².